The maximum atomic E-state index is 13.2. The summed E-state index contributed by atoms with van der Waals surface area (Å²) in [6, 6.07) is 12.3. The molecule has 1 N–H and O–H groups in total. The van der Waals surface area contributed by atoms with Crippen LogP contribution in [0.5, 0.6) is 5.75 Å². The summed E-state index contributed by atoms with van der Waals surface area (Å²) in [6.07, 6.45) is 0.819. The van der Waals surface area contributed by atoms with Gasteiger partial charge in [0.1, 0.15) is 11.8 Å². The zero-order valence-electron chi connectivity index (χ0n) is 18.9. The first-order chi connectivity index (χ1) is 15.2. The third kappa shape index (κ3) is 7.91. The number of amides is 2. The number of halogens is 2. The summed E-state index contributed by atoms with van der Waals surface area (Å²) in [5, 5.41) is 4.12. The van der Waals surface area contributed by atoms with Gasteiger partial charge in [-0.15, -0.1) is 11.8 Å². The fourth-order valence-electron chi connectivity index (χ4n) is 2.99. The van der Waals surface area contributed by atoms with E-state index in [-0.39, 0.29) is 23.6 Å². The van der Waals surface area contributed by atoms with Crippen LogP contribution < -0.4 is 10.1 Å². The van der Waals surface area contributed by atoms with Gasteiger partial charge in [0.05, 0.1) is 12.9 Å². The lowest BCUT2D eigenvalue weighted by Crippen LogP contribution is -2.50. The van der Waals surface area contributed by atoms with Gasteiger partial charge in [-0.05, 0) is 55.7 Å². The highest BCUT2D eigenvalue weighted by molar-refractivity contribution is 7.99. The predicted octanol–water partition coefficient (Wildman–Crippen LogP) is 5.57. The van der Waals surface area contributed by atoms with Gasteiger partial charge in [0, 0.05) is 28.4 Å². The number of hydrogen-bond donors (Lipinski definition) is 1. The average Bonchev–Trinajstić information content (AvgIpc) is 2.78. The molecule has 2 atom stereocenters. The number of nitrogens with one attached hydrogen (secondary N) is 1. The normalized spacial score (nSPS) is 12.7. The molecule has 32 heavy (non-hydrogen) atoms. The monoisotopic (exact) mass is 496 g/mol. The lowest BCUT2D eigenvalue weighted by atomic mass is 10.1. The molecule has 2 rings (SSSR count). The second-order valence-corrected chi connectivity index (χ2v) is 9.42. The largest absolute Gasteiger partial charge is 0.497 e. The Kier molecular flexibility index (Phi) is 10.7. The van der Waals surface area contributed by atoms with E-state index in [1.54, 1.807) is 31.1 Å². The molecule has 0 heterocycles. The Labute approximate surface area is 204 Å². The predicted molar refractivity (Wildman–Crippen MR) is 134 cm³/mol. The third-order valence-corrected chi connectivity index (χ3v) is 6.71. The van der Waals surface area contributed by atoms with Crippen LogP contribution in [0.25, 0.3) is 0 Å². The van der Waals surface area contributed by atoms with E-state index in [0.717, 1.165) is 17.5 Å². The number of carbonyl (C=O) groups excluding carboxylic acids is 2. The smallest absolute Gasteiger partial charge is 0.242 e. The van der Waals surface area contributed by atoms with Crippen LogP contribution in [0.3, 0.4) is 0 Å². The molecule has 0 saturated heterocycles. The van der Waals surface area contributed by atoms with Crippen LogP contribution >= 0.6 is 35.0 Å². The fraction of sp³-hybridized carbons (Fsp3) is 0.417. The number of benzene rings is 2. The molecule has 2 aromatic carbocycles. The summed E-state index contributed by atoms with van der Waals surface area (Å²) in [4.78, 5) is 27.6. The van der Waals surface area contributed by atoms with Crippen LogP contribution in [-0.4, -0.2) is 41.7 Å². The molecule has 0 spiro atoms. The van der Waals surface area contributed by atoms with Gasteiger partial charge in [0.25, 0.3) is 0 Å². The Hall–Kier alpha value is -1.89. The van der Waals surface area contributed by atoms with Crippen LogP contribution in [-0.2, 0) is 21.9 Å². The minimum atomic E-state index is -0.609. The van der Waals surface area contributed by atoms with Crippen molar-refractivity contribution >= 4 is 46.8 Å². The van der Waals surface area contributed by atoms with Gasteiger partial charge in [-0.25, -0.2) is 0 Å². The SMILES string of the molecule is CC[C@@H](C)NC(=O)[C@@H](C)N(Cc1cccc(OC)c1)C(=O)CSCc1ccc(Cl)cc1Cl. The first-order valence-electron chi connectivity index (χ1n) is 10.5. The molecule has 0 fully saturated rings. The molecule has 0 saturated carbocycles. The Balaban J connectivity index is 2.12. The molecular formula is C24H30Cl2N2O3S. The first kappa shape index (κ1) is 26.4. The molecule has 174 valence electrons. The number of methoxy groups -OCH3 is 1. The summed E-state index contributed by atoms with van der Waals surface area (Å²) in [6.45, 7) is 6.03. The molecule has 0 bridgehead atoms. The maximum absolute atomic E-state index is 13.2. The van der Waals surface area contributed by atoms with Crippen LogP contribution in [0.15, 0.2) is 42.5 Å². The molecule has 0 unspecified atom stereocenters. The van der Waals surface area contributed by atoms with Crippen molar-refractivity contribution in [2.24, 2.45) is 0 Å². The minimum Gasteiger partial charge on any atom is -0.497 e. The van der Waals surface area contributed by atoms with E-state index in [4.69, 9.17) is 27.9 Å². The molecule has 0 aliphatic carbocycles. The number of carbonyl (C=O) groups is 2. The van der Waals surface area contributed by atoms with E-state index in [1.165, 1.54) is 11.8 Å². The van der Waals surface area contributed by atoms with Crippen LogP contribution in [0, 0.1) is 0 Å². The van der Waals surface area contributed by atoms with Gasteiger partial charge in [-0.3, -0.25) is 9.59 Å². The van der Waals surface area contributed by atoms with E-state index in [0.29, 0.717) is 28.1 Å². The molecule has 0 aliphatic rings. The molecule has 0 aromatic heterocycles. The second-order valence-electron chi connectivity index (χ2n) is 7.60. The summed E-state index contributed by atoms with van der Waals surface area (Å²) in [5.41, 5.74) is 1.81. The molecule has 2 amide bonds. The molecule has 0 radical (unpaired) electrons. The Morgan fingerprint density at radius 2 is 1.91 bits per heavy atom. The van der Waals surface area contributed by atoms with Crippen molar-refractivity contribution in [2.45, 2.75) is 51.6 Å². The van der Waals surface area contributed by atoms with E-state index in [1.807, 2.05) is 44.2 Å². The van der Waals surface area contributed by atoms with Gasteiger partial charge in [-0.1, -0.05) is 48.3 Å². The number of ether oxygens (including phenoxy) is 1. The summed E-state index contributed by atoms with van der Waals surface area (Å²) in [7, 11) is 1.60. The van der Waals surface area contributed by atoms with Gasteiger partial charge >= 0.3 is 0 Å². The van der Waals surface area contributed by atoms with Crippen molar-refractivity contribution < 1.29 is 14.3 Å². The van der Waals surface area contributed by atoms with Crippen molar-refractivity contribution in [3.63, 3.8) is 0 Å². The number of hydrogen-bond acceptors (Lipinski definition) is 4. The van der Waals surface area contributed by atoms with Gasteiger partial charge < -0.3 is 15.0 Å². The van der Waals surface area contributed by atoms with Gasteiger partial charge in [-0.2, -0.15) is 0 Å². The zero-order valence-corrected chi connectivity index (χ0v) is 21.2. The highest BCUT2D eigenvalue weighted by atomic mass is 35.5. The minimum absolute atomic E-state index is 0.0418. The van der Waals surface area contributed by atoms with Crippen LogP contribution in [0.2, 0.25) is 10.0 Å². The van der Waals surface area contributed by atoms with E-state index in [2.05, 4.69) is 5.32 Å². The first-order valence-corrected chi connectivity index (χ1v) is 12.4. The van der Waals surface area contributed by atoms with Crippen molar-refractivity contribution in [1.29, 1.82) is 0 Å². The highest BCUT2D eigenvalue weighted by Crippen LogP contribution is 2.25. The van der Waals surface area contributed by atoms with Crippen molar-refractivity contribution in [3.8, 4) is 5.75 Å². The zero-order chi connectivity index (χ0) is 23.7. The van der Waals surface area contributed by atoms with Crippen LogP contribution in [0.1, 0.15) is 38.3 Å². The van der Waals surface area contributed by atoms with E-state index in [9.17, 15) is 9.59 Å². The standard InChI is InChI=1S/C24H30Cl2N2O3S/c1-5-16(2)27-24(30)17(3)28(13-18-7-6-8-21(11-18)31-4)23(29)15-32-14-19-9-10-20(25)12-22(19)26/h6-12,16-17H,5,13-15H2,1-4H3,(H,27,30)/t16-,17-/m1/s1. The average molecular weight is 497 g/mol. The Morgan fingerprint density at radius 1 is 1.16 bits per heavy atom. The Morgan fingerprint density at radius 3 is 2.56 bits per heavy atom. The fourth-order valence-corrected chi connectivity index (χ4v) is 4.45. The van der Waals surface area contributed by atoms with Crippen molar-refractivity contribution in [2.75, 3.05) is 12.9 Å². The quantitative estimate of drug-likeness (QED) is 0.441. The molecule has 8 heteroatoms. The lowest BCUT2D eigenvalue weighted by Gasteiger charge is -2.29. The Bertz CT molecular complexity index is 926. The topological polar surface area (TPSA) is 58.6 Å². The third-order valence-electron chi connectivity index (χ3n) is 5.15. The van der Waals surface area contributed by atoms with Gasteiger partial charge in [0.15, 0.2) is 0 Å². The maximum Gasteiger partial charge on any atom is 0.242 e. The van der Waals surface area contributed by atoms with E-state index < -0.39 is 6.04 Å². The summed E-state index contributed by atoms with van der Waals surface area (Å²) >= 11 is 13.6. The molecular weight excluding hydrogens is 467 g/mol. The molecule has 2 aromatic rings. The van der Waals surface area contributed by atoms with E-state index >= 15 is 0 Å². The number of nitrogens with zero attached hydrogens (tertiary/aromatic N) is 1. The number of thioether (sulfide) groups is 1. The van der Waals surface area contributed by atoms with Crippen LogP contribution in [0.4, 0.5) is 0 Å². The summed E-state index contributed by atoms with van der Waals surface area (Å²) in [5.74, 6) is 1.22. The van der Waals surface area contributed by atoms with Gasteiger partial charge in [0.2, 0.25) is 11.8 Å². The second kappa shape index (κ2) is 13.0. The van der Waals surface area contributed by atoms with Crippen molar-refractivity contribution in [3.05, 3.63) is 63.6 Å². The molecule has 0 aliphatic heterocycles. The number of rotatable bonds is 11. The summed E-state index contributed by atoms with van der Waals surface area (Å²) < 4.78 is 5.30. The molecule has 5 nitrogen and oxygen atoms in total. The highest BCUT2D eigenvalue weighted by Gasteiger charge is 2.26. The lowest BCUT2D eigenvalue weighted by molar-refractivity contribution is -0.138. The van der Waals surface area contributed by atoms with Crippen molar-refractivity contribution in [1.82, 2.24) is 10.2 Å².